The Balaban J connectivity index is 0. The molecule has 0 nitrogen and oxygen atoms in total. The second-order valence-electron chi connectivity index (χ2n) is 0. The first-order valence-electron chi connectivity index (χ1n) is 0. The van der Waals surface area contributed by atoms with Crippen molar-refractivity contribution < 1.29 is 0 Å². The van der Waals surface area contributed by atoms with Crippen LogP contribution in [0.2, 0.25) is 0 Å². The molecule has 0 aromatic rings. The molecule has 0 unspecified atom stereocenters. The van der Waals surface area contributed by atoms with Gasteiger partial charge < -0.3 is 0 Å². The molecule has 0 aromatic carbocycles. The first kappa shape index (κ1) is 49.8. The zero-order valence-electron chi connectivity index (χ0n) is 0.816. The molecule has 3 heteroatoms. The Labute approximate surface area is 58.6 Å². The molecule has 0 radical (unpaired) electrons. The van der Waals surface area contributed by atoms with E-state index in [0.717, 1.165) is 0 Å². The molecule has 0 heterocycles. The third-order valence-corrected chi connectivity index (χ3v) is 0. The average molecular weight is 208 g/mol. The van der Waals surface area contributed by atoms with Gasteiger partial charge in [0.05, 0.1) is 0 Å². The van der Waals surface area contributed by atoms with Crippen molar-refractivity contribution >= 4 is 51.3 Å². The van der Waals surface area contributed by atoms with Crippen molar-refractivity contribution in [3.05, 3.63) is 0 Å². The molecule has 0 N–H and O–H groups in total. The highest BCUT2D eigenvalue weighted by molar-refractivity contribution is 8.93. The van der Waals surface area contributed by atoms with Crippen LogP contribution in [0.5, 0.6) is 0 Å². The van der Waals surface area contributed by atoms with E-state index < -0.39 is 0 Å². The molecule has 0 aliphatic carbocycles. The van der Waals surface area contributed by atoms with Gasteiger partial charge in [0, 0.05) is 0 Å². The smallest absolute Gasteiger partial charge is 0.114 e. The Morgan fingerprint density at radius 3 is 0.750 bits per heavy atom. The molecule has 0 atom stereocenters. The summed E-state index contributed by atoms with van der Waals surface area (Å²) in [5.74, 6) is 0. The first-order valence-corrected chi connectivity index (χ1v) is 0. The molecule has 0 amide bonds. The van der Waals surface area contributed by atoms with Gasteiger partial charge in [-0.15, -0.1) is 34.0 Å². The van der Waals surface area contributed by atoms with E-state index in [1.807, 2.05) is 0 Å². The molecule has 0 saturated carbocycles. The SMILES string of the molecule is Br.Br.C.[AlH3]. The fraction of sp³-hybridized carbons (Fsp3) is 1.00. The predicted molar refractivity (Wildman–Crippen MR) is 37.3 cm³/mol. The van der Waals surface area contributed by atoms with E-state index in [4.69, 9.17) is 0 Å². The summed E-state index contributed by atoms with van der Waals surface area (Å²) in [6.45, 7) is 0. The zero-order chi connectivity index (χ0) is 0. The summed E-state index contributed by atoms with van der Waals surface area (Å²) >= 11 is 0. The lowest BCUT2D eigenvalue weighted by molar-refractivity contribution is 2.50. The molecule has 0 aromatic heterocycles. The second kappa shape index (κ2) is 24.6. The van der Waals surface area contributed by atoms with Crippen LogP contribution in [0.15, 0.2) is 0 Å². The quantitative estimate of drug-likeness (QED) is 0.511. The molecule has 0 aliphatic rings. The number of halogens is 2. The van der Waals surface area contributed by atoms with Crippen LogP contribution in [0.1, 0.15) is 7.43 Å². The van der Waals surface area contributed by atoms with Crippen LogP contribution >= 0.6 is 34.0 Å². The highest BCUT2D eigenvalue weighted by Crippen LogP contribution is 0.847. The van der Waals surface area contributed by atoms with Crippen molar-refractivity contribution in [2.24, 2.45) is 0 Å². The lowest BCUT2D eigenvalue weighted by Crippen LogP contribution is -0.381. The molecule has 4 heavy (non-hydrogen) atoms. The van der Waals surface area contributed by atoms with E-state index in [0.29, 0.717) is 0 Å². The zero-order valence-corrected chi connectivity index (χ0v) is 4.24. The van der Waals surface area contributed by atoms with Crippen molar-refractivity contribution in [2.75, 3.05) is 0 Å². The normalized spacial score (nSPS) is 0. The van der Waals surface area contributed by atoms with E-state index >= 15 is 0 Å². The third-order valence-electron chi connectivity index (χ3n) is 0. The summed E-state index contributed by atoms with van der Waals surface area (Å²) in [5, 5.41) is 0. The molecule has 30 valence electrons. The number of rotatable bonds is 0. The van der Waals surface area contributed by atoms with Crippen LogP contribution in [0.4, 0.5) is 0 Å². The maximum atomic E-state index is 0. The van der Waals surface area contributed by atoms with Gasteiger partial charge in [0.25, 0.3) is 0 Å². The Morgan fingerprint density at radius 2 is 0.750 bits per heavy atom. The number of hydrogen-bond donors (Lipinski definition) is 0. The number of hydrogen-bond acceptors (Lipinski definition) is 0. The fourth-order valence-electron chi connectivity index (χ4n) is 0. The molecule has 0 saturated heterocycles. The van der Waals surface area contributed by atoms with E-state index in [-0.39, 0.29) is 58.8 Å². The van der Waals surface area contributed by atoms with Crippen LogP contribution in [0.3, 0.4) is 0 Å². The lowest BCUT2D eigenvalue weighted by Gasteiger charge is -0.115. The highest BCUT2D eigenvalue weighted by Gasteiger charge is 0.187. The molecular weight excluding hydrogens is 199 g/mol. The Kier molecular flexibility index (Phi) is 306. The van der Waals surface area contributed by atoms with Crippen molar-refractivity contribution in [3.8, 4) is 0 Å². The van der Waals surface area contributed by atoms with E-state index in [2.05, 4.69) is 0 Å². The topological polar surface area (TPSA) is 0 Å². The largest absolute Gasteiger partial charge is 0.187 e. The van der Waals surface area contributed by atoms with Crippen LogP contribution in [0.25, 0.3) is 0 Å². The van der Waals surface area contributed by atoms with Crippen molar-refractivity contribution in [1.29, 1.82) is 0 Å². The van der Waals surface area contributed by atoms with Gasteiger partial charge in [-0.05, 0) is 0 Å². The molecule has 0 aliphatic heterocycles. The fourth-order valence-corrected chi connectivity index (χ4v) is 0. The summed E-state index contributed by atoms with van der Waals surface area (Å²) in [5.41, 5.74) is 0. The van der Waals surface area contributed by atoms with Gasteiger partial charge >= 0.3 is 0 Å². The minimum Gasteiger partial charge on any atom is -0.114 e. The summed E-state index contributed by atoms with van der Waals surface area (Å²) in [4.78, 5) is 0. The maximum absolute atomic E-state index is 0. The van der Waals surface area contributed by atoms with Gasteiger partial charge in [-0.2, -0.15) is 0 Å². The van der Waals surface area contributed by atoms with E-state index in [1.165, 1.54) is 0 Å². The van der Waals surface area contributed by atoms with Gasteiger partial charge in [-0.3, -0.25) is 0 Å². The Bertz CT molecular complexity index is 6.00. The van der Waals surface area contributed by atoms with Crippen LogP contribution in [0, 0.1) is 0 Å². The summed E-state index contributed by atoms with van der Waals surface area (Å²) in [6, 6.07) is 0. The van der Waals surface area contributed by atoms with E-state index in [9.17, 15) is 0 Å². The molecule has 0 fully saturated rings. The van der Waals surface area contributed by atoms with Gasteiger partial charge in [0.1, 0.15) is 0 Å². The van der Waals surface area contributed by atoms with E-state index in [1.54, 1.807) is 0 Å². The molecular formula is CH9AlBr2. The standard InChI is InChI=1S/CH4.Al.2BrH.3H/h1H4;;2*1H;;;. The first-order chi connectivity index (χ1) is 0. The second-order valence-corrected chi connectivity index (χ2v) is 0. The van der Waals surface area contributed by atoms with Gasteiger partial charge in [-0.25, -0.2) is 0 Å². The molecule has 0 bridgehead atoms. The van der Waals surface area contributed by atoms with Crippen LogP contribution in [-0.2, 0) is 0 Å². The van der Waals surface area contributed by atoms with Crippen molar-refractivity contribution in [2.45, 2.75) is 7.43 Å². The summed E-state index contributed by atoms with van der Waals surface area (Å²) < 4.78 is 0. The van der Waals surface area contributed by atoms with Crippen LogP contribution < -0.4 is 0 Å². The highest BCUT2D eigenvalue weighted by atomic mass is 79.9. The predicted octanol–water partition coefficient (Wildman–Crippen LogP) is 0.608. The summed E-state index contributed by atoms with van der Waals surface area (Å²) in [6.07, 6.45) is 0. The maximum Gasteiger partial charge on any atom is 0.187 e. The Morgan fingerprint density at radius 1 is 0.750 bits per heavy atom. The van der Waals surface area contributed by atoms with Gasteiger partial charge in [0.15, 0.2) is 17.4 Å². The Hall–Kier alpha value is 1.49. The average Bonchev–Trinajstić information content (AvgIpc) is 0. The minimum absolute atomic E-state index is 0. The lowest BCUT2D eigenvalue weighted by atomic mass is 12.0. The van der Waals surface area contributed by atoms with Gasteiger partial charge in [0.2, 0.25) is 0 Å². The summed E-state index contributed by atoms with van der Waals surface area (Å²) in [7, 11) is 0. The van der Waals surface area contributed by atoms with Crippen molar-refractivity contribution in [1.82, 2.24) is 0 Å². The molecule has 0 spiro atoms. The van der Waals surface area contributed by atoms with Gasteiger partial charge in [-0.1, -0.05) is 7.43 Å². The van der Waals surface area contributed by atoms with Crippen molar-refractivity contribution in [3.63, 3.8) is 0 Å². The monoisotopic (exact) mass is 206 g/mol. The minimum atomic E-state index is 0. The van der Waals surface area contributed by atoms with Crippen LogP contribution in [-0.4, -0.2) is 17.4 Å². The third kappa shape index (κ3) is 9.74. The molecule has 0 rings (SSSR count).